The van der Waals surface area contributed by atoms with E-state index in [1.54, 1.807) is 0 Å². The van der Waals surface area contributed by atoms with E-state index in [0.717, 1.165) is 24.9 Å². The van der Waals surface area contributed by atoms with Crippen molar-refractivity contribution in [1.82, 2.24) is 10.2 Å². The minimum atomic E-state index is 0.197. The summed E-state index contributed by atoms with van der Waals surface area (Å²) in [5.41, 5.74) is 0.197. The van der Waals surface area contributed by atoms with Gasteiger partial charge in [0.05, 0.1) is 0 Å². The Morgan fingerprint density at radius 2 is 1.95 bits per heavy atom. The Morgan fingerprint density at radius 3 is 2.53 bits per heavy atom. The van der Waals surface area contributed by atoms with Crippen molar-refractivity contribution in [3.8, 4) is 0 Å². The first-order chi connectivity index (χ1) is 8.83. The molecular weight excluding hydrogens is 252 g/mol. The highest BCUT2D eigenvalue weighted by molar-refractivity contribution is 7.11. The summed E-state index contributed by atoms with van der Waals surface area (Å²) >= 11 is 1.95. The molecule has 108 valence electrons. The number of nitrogens with one attached hydrogen (secondary N) is 1. The van der Waals surface area contributed by atoms with Gasteiger partial charge in [-0.2, -0.15) is 0 Å². The number of hydrogen-bond donors (Lipinski definition) is 1. The smallest absolute Gasteiger partial charge is 0.0325 e. The minimum Gasteiger partial charge on any atom is -0.307 e. The van der Waals surface area contributed by atoms with E-state index in [0.29, 0.717) is 0 Å². The van der Waals surface area contributed by atoms with Gasteiger partial charge in [0.1, 0.15) is 0 Å². The summed E-state index contributed by atoms with van der Waals surface area (Å²) in [6.07, 6.45) is 1.43. The molecule has 0 bridgehead atoms. The average Bonchev–Trinajstić information content (AvgIpc) is 2.79. The Balaban J connectivity index is 1.76. The van der Waals surface area contributed by atoms with Gasteiger partial charge in [0.25, 0.3) is 0 Å². The van der Waals surface area contributed by atoms with Crippen molar-refractivity contribution in [2.45, 2.75) is 52.7 Å². The molecule has 0 aromatic carbocycles. The molecule has 1 heterocycles. The van der Waals surface area contributed by atoms with Crippen LogP contribution in [-0.4, -0.2) is 24.0 Å². The Kier molecular flexibility index (Phi) is 4.70. The lowest BCUT2D eigenvalue weighted by molar-refractivity contribution is 0.310. The molecule has 1 saturated carbocycles. The Hall–Kier alpha value is -0.380. The van der Waals surface area contributed by atoms with Gasteiger partial charge < -0.3 is 10.2 Å². The molecule has 0 spiro atoms. The summed E-state index contributed by atoms with van der Waals surface area (Å²) in [6, 6.07) is 4.56. The van der Waals surface area contributed by atoms with Crippen molar-refractivity contribution in [2.75, 3.05) is 13.6 Å². The lowest BCUT2D eigenvalue weighted by Gasteiger charge is -2.19. The predicted molar refractivity (Wildman–Crippen MR) is 84.5 cm³/mol. The number of hydrogen-bond acceptors (Lipinski definition) is 3. The second kappa shape index (κ2) is 5.94. The number of thiophene rings is 1. The molecular formula is C16H28N2S. The van der Waals surface area contributed by atoms with Gasteiger partial charge in [-0.25, -0.2) is 0 Å². The molecule has 19 heavy (non-hydrogen) atoms. The Bertz CT molecular complexity index is 405. The predicted octanol–water partition coefficient (Wildman–Crippen LogP) is 3.72. The monoisotopic (exact) mass is 280 g/mol. The average molecular weight is 280 g/mol. The summed E-state index contributed by atoms with van der Waals surface area (Å²) in [6.45, 7) is 12.3. The number of rotatable bonds is 6. The highest BCUT2D eigenvalue weighted by Crippen LogP contribution is 2.38. The quantitative estimate of drug-likeness (QED) is 0.854. The van der Waals surface area contributed by atoms with E-state index >= 15 is 0 Å². The van der Waals surface area contributed by atoms with E-state index in [1.807, 2.05) is 11.3 Å². The van der Waals surface area contributed by atoms with Crippen LogP contribution in [0.3, 0.4) is 0 Å². The van der Waals surface area contributed by atoms with Crippen LogP contribution in [0.4, 0.5) is 0 Å². The maximum Gasteiger partial charge on any atom is 0.0325 e. The van der Waals surface area contributed by atoms with Crippen LogP contribution >= 0.6 is 11.3 Å². The van der Waals surface area contributed by atoms with Crippen LogP contribution in [0.15, 0.2) is 12.1 Å². The zero-order valence-corrected chi connectivity index (χ0v) is 13.8. The first-order valence-electron chi connectivity index (χ1n) is 7.34. The Labute approximate surface area is 122 Å². The minimum absolute atomic E-state index is 0.197. The van der Waals surface area contributed by atoms with Gasteiger partial charge in [0.2, 0.25) is 0 Å². The summed E-state index contributed by atoms with van der Waals surface area (Å²) in [7, 11) is 2.25. The van der Waals surface area contributed by atoms with Gasteiger partial charge in [-0.05, 0) is 58.2 Å². The van der Waals surface area contributed by atoms with E-state index in [2.05, 4.69) is 57.1 Å². The SMILES string of the molecule is CC1CC1CN(C)Cc1ccc(CNC(C)(C)C)s1. The number of nitrogens with zero attached hydrogens (tertiary/aromatic N) is 1. The van der Waals surface area contributed by atoms with Crippen molar-refractivity contribution >= 4 is 11.3 Å². The summed E-state index contributed by atoms with van der Waals surface area (Å²) in [5, 5.41) is 3.55. The topological polar surface area (TPSA) is 15.3 Å². The molecule has 0 radical (unpaired) electrons. The van der Waals surface area contributed by atoms with Gasteiger partial charge in [0, 0.05) is 34.9 Å². The zero-order chi connectivity index (χ0) is 14.0. The first-order valence-corrected chi connectivity index (χ1v) is 8.16. The molecule has 1 aromatic rings. The lowest BCUT2D eigenvalue weighted by atomic mass is 10.1. The van der Waals surface area contributed by atoms with Gasteiger partial charge >= 0.3 is 0 Å². The van der Waals surface area contributed by atoms with E-state index in [1.165, 1.54) is 22.7 Å². The highest BCUT2D eigenvalue weighted by atomic mass is 32.1. The van der Waals surface area contributed by atoms with Crippen LogP contribution < -0.4 is 5.32 Å². The van der Waals surface area contributed by atoms with Crippen molar-refractivity contribution in [3.05, 3.63) is 21.9 Å². The van der Waals surface area contributed by atoms with Crippen molar-refractivity contribution in [3.63, 3.8) is 0 Å². The van der Waals surface area contributed by atoms with Gasteiger partial charge in [-0.3, -0.25) is 0 Å². The van der Waals surface area contributed by atoms with E-state index < -0.39 is 0 Å². The van der Waals surface area contributed by atoms with E-state index in [-0.39, 0.29) is 5.54 Å². The normalized spacial score (nSPS) is 23.1. The summed E-state index contributed by atoms with van der Waals surface area (Å²) < 4.78 is 0. The standard InChI is InChI=1S/C16H28N2S/c1-12-8-13(12)10-18(5)11-15-7-6-14(19-15)9-17-16(2,3)4/h6-7,12-13,17H,8-11H2,1-5H3. The molecule has 2 atom stereocenters. The van der Waals surface area contributed by atoms with Crippen LogP contribution in [-0.2, 0) is 13.1 Å². The summed E-state index contributed by atoms with van der Waals surface area (Å²) in [5.74, 6) is 1.91. The van der Waals surface area contributed by atoms with Crippen LogP contribution in [0.5, 0.6) is 0 Å². The van der Waals surface area contributed by atoms with Gasteiger partial charge in [0.15, 0.2) is 0 Å². The molecule has 1 aromatic heterocycles. The maximum atomic E-state index is 3.55. The third kappa shape index (κ3) is 5.25. The van der Waals surface area contributed by atoms with Crippen molar-refractivity contribution < 1.29 is 0 Å². The molecule has 1 fully saturated rings. The molecule has 1 N–H and O–H groups in total. The molecule has 3 heteroatoms. The third-order valence-corrected chi connectivity index (χ3v) is 4.83. The third-order valence-electron chi connectivity index (χ3n) is 3.76. The lowest BCUT2D eigenvalue weighted by Crippen LogP contribution is -2.34. The zero-order valence-electron chi connectivity index (χ0n) is 13.0. The maximum absolute atomic E-state index is 3.55. The second-order valence-corrected chi connectivity index (χ2v) is 8.39. The second-order valence-electron chi connectivity index (χ2n) is 7.14. The Morgan fingerprint density at radius 1 is 1.32 bits per heavy atom. The molecule has 1 aliphatic carbocycles. The van der Waals surface area contributed by atoms with Crippen LogP contribution in [0.25, 0.3) is 0 Å². The molecule has 0 aliphatic heterocycles. The van der Waals surface area contributed by atoms with E-state index in [4.69, 9.17) is 0 Å². The van der Waals surface area contributed by atoms with Crippen LogP contribution in [0, 0.1) is 11.8 Å². The first kappa shape index (κ1) is 15.0. The van der Waals surface area contributed by atoms with Crippen LogP contribution in [0.2, 0.25) is 0 Å². The molecule has 1 aliphatic rings. The fraction of sp³-hybridized carbons (Fsp3) is 0.750. The molecule has 0 amide bonds. The molecule has 2 rings (SSSR count). The largest absolute Gasteiger partial charge is 0.307 e. The fourth-order valence-corrected chi connectivity index (χ4v) is 3.38. The van der Waals surface area contributed by atoms with Gasteiger partial charge in [-0.1, -0.05) is 6.92 Å². The van der Waals surface area contributed by atoms with Gasteiger partial charge in [-0.15, -0.1) is 11.3 Å². The van der Waals surface area contributed by atoms with Crippen molar-refractivity contribution in [2.24, 2.45) is 11.8 Å². The highest BCUT2D eigenvalue weighted by Gasteiger charge is 2.33. The molecule has 2 unspecified atom stereocenters. The fourth-order valence-electron chi connectivity index (χ4n) is 2.34. The molecule has 0 saturated heterocycles. The molecule has 2 nitrogen and oxygen atoms in total. The van der Waals surface area contributed by atoms with Crippen molar-refractivity contribution in [1.29, 1.82) is 0 Å². The summed E-state index contributed by atoms with van der Waals surface area (Å²) in [4.78, 5) is 5.40. The van der Waals surface area contributed by atoms with Crippen LogP contribution in [0.1, 0.15) is 43.9 Å². The van der Waals surface area contributed by atoms with E-state index in [9.17, 15) is 0 Å².